The largest absolute Gasteiger partial charge is 0.396 e. The monoisotopic (exact) mass is 356 g/mol. The van der Waals surface area contributed by atoms with E-state index in [4.69, 9.17) is 9.84 Å². The molecule has 0 heterocycles. The van der Waals surface area contributed by atoms with Crippen molar-refractivity contribution in [2.75, 3.05) is 13.2 Å². The Balaban J connectivity index is 3.10. The predicted molar refractivity (Wildman–Crippen MR) is 111 cm³/mol. The molecule has 0 radical (unpaired) electrons. The topological polar surface area (TPSA) is 29.5 Å². The molecule has 0 saturated carbocycles. The molecular formula is C23H48O2. The second kappa shape index (κ2) is 18.7. The van der Waals surface area contributed by atoms with Crippen molar-refractivity contribution in [3.05, 3.63) is 0 Å². The van der Waals surface area contributed by atoms with Crippen LogP contribution >= 0.6 is 0 Å². The molecule has 0 aromatic carbocycles. The molecule has 2 heteroatoms. The lowest BCUT2D eigenvalue weighted by Gasteiger charge is -2.24. The smallest absolute Gasteiger partial charge is 0.0648 e. The number of unbranched alkanes of at least 4 members (excludes halogenated alkanes) is 15. The fourth-order valence-corrected chi connectivity index (χ4v) is 3.34. The molecule has 0 unspecified atom stereocenters. The van der Waals surface area contributed by atoms with Crippen LogP contribution in [0.5, 0.6) is 0 Å². The summed E-state index contributed by atoms with van der Waals surface area (Å²) in [7, 11) is 0. The van der Waals surface area contributed by atoms with Crippen LogP contribution in [0.2, 0.25) is 0 Å². The molecule has 25 heavy (non-hydrogen) atoms. The van der Waals surface area contributed by atoms with Crippen LogP contribution < -0.4 is 0 Å². The van der Waals surface area contributed by atoms with E-state index in [1.807, 2.05) is 0 Å². The molecule has 0 aliphatic carbocycles. The van der Waals surface area contributed by atoms with Crippen molar-refractivity contribution in [1.82, 2.24) is 0 Å². The number of ether oxygens (including phenoxy) is 1. The minimum Gasteiger partial charge on any atom is -0.396 e. The average molecular weight is 357 g/mol. The van der Waals surface area contributed by atoms with Crippen molar-refractivity contribution in [2.24, 2.45) is 0 Å². The molecule has 0 rings (SSSR count). The van der Waals surface area contributed by atoms with Crippen LogP contribution in [0.15, 0.2) is 0 Å². The lowest BCUT2D eigenvalue weighted by Crippen LogP contribution is -2.26. The first kappa shape index (κ1) is 24.9. The molecule has 1 N–H and O–H groups in total. The standard InChI is InChI=1S/C23H48O2/c1-4-5-6-7-8-9-10-11-12-13-14-15-16-17-18-19-22-25-23(2,3)20-21-24/h24H,4-22H2,1-3H3. The summed E-state index contributed by atoms with van der Waals surface area (Å²) in [4.78, 5) is 0. The zero-order valence-electron chi connectivity index (χ0n) is 17.8. The van der Waals surface area contributed by atoms with E-state index in [2.05, 4.69) is 20.8 Å². The Labute approximate surface area is 159 Å². The number of hydrogen-bond donors (Lipinski definition) is 1. The molecule has 0 amide bonds. The molecule has 152 valence electrons. The molecule has 0 aliphatic rings. The van der Waals surface area contributed by atoms with Crippen LogP contribution in [0.4, 0.5) is 0 Å². The van der Waals surface area contributed by atoms with Gasteiger partial charge in [-0.2, -0.15) is 0 Å². The van der Waals surface area contributed by atoms with E-state index in [0.717, 1.165) is 19.4 Å². The highest BCUT2D eigenvalue weighted by Gasteiger charge is 2.16. The Morgan fingerprint density at radius 3 is 1.32 bits per heavy atom. The van der Waals surface area contributed by atoms with E-state index in [0.29, 0.717) is 0 Å². The van der Waals surface area contributed by atoms with Gasteiger partial charge < -0.3 is 9.84 Å². The highest BCUT2D eigenvalue weighted by molar-refractivity contribution is 4.67. The Kier molecular flexibility index (Phi) is 18.6. The molecule has 2 nitrogen and oxygen atoms in total. The quantitative estimate of drug-likeness (QED) is 0.230. The first-order chi connectivity index (χ1) is 12.1. The summed E-state index contributed by atoms with van der Waals surface area (Å²) < 4.78 is 5.83. The minimum atomic E-state index is -0.162. The molecule has 0 aliphatic heterocycles. The minimum absolute atomic E-state index is 0.162. The van der Waals surface area contributed by atoms with Gasteiger partial charge in [-0.25, -0.2) is 0 Å². The average Bonchev–Trinajstić information content (AvgIpc) is 2.57. The van der Waals surface area contributed by atoms with E-state index >= 15 is 0 Å². The first-order valence-electron chi connectivity index (χ1n) is 11.4. The van der Waals surface area contributed by atoms with Gasteiger partial charge in [-0.1, -0.05) is 103 Å². The van der Waals surface area contributed by atoms with Gasteiger partial charge in [0, 0.05) is 13.2 Å². The fraction of sp³-hybridized carbons (Fsp3) is 1.00. The van der Waals surface area contributed by atoms with Gasteiger partial charge in [0.1, 0.15) is 0 Å². The van der Waals surface area contributed by atoms with Crippen LogP contribution in [-0.2, 0) is 4.74 Å². The van der Waals surface area contributed by atoms with Crippen molar-refractivity contribution in [3.63, 3.8) is 0 Å². The predicted octanol–water partition coefficient (Wildman–Crippen LogP) is 7.43. The third kappa shape index (κ3) is 20.1. The maximum Gasteiger partial charge on any atom is 0.0648 e. The molecule has 0 aromatic rings. The van der Waals surface area contributed by atoms with Gasteiger partial charge in [0.15, 0.2) is 0 Å². The van der Waals surface area contributed by atoms with Crippen LogP contribution in [0.3, 0.4) is 0 Å². The Hall–Kier alpha value is -0.0800. The number of aliphatic hydroxyl groups excluding tert-OH is 1. The van der Waals surface area contributed by atoms with Gasteiger partial charge in [0.05, 0.1) is 5.60 Å². The van der Waals surface area contributed by atoms with Crippen molar-refractivity contribution in [2.45, 2.75) is 136 Å². The summed E-state index contributed by atoms with van der Waals surface area (Å²) in [5, 5.41) is 8.97. The summed E-state index contributed by atoms with van der Waals surface area (Å²) in [6, 6.07) is 0. The number of hydrogen-bond acceptors (Lipinski definition) is 2. The molecule has 0 bridgehead atoms. The Morgan fingerprint density at radius 1 is 0.600 bits per heavy atom. The number of aliphatic hydroxyl groups is 1. The molecule has 0 saturated heterocycles. The van der Waals surface area contributed by atoms with Crippen LogP contribution in [0.25, 0.3) is 0 Å². The lowest BCUT2D eigenvalue weighted by atomic mass is 10.0. The molecule has 0 aromatic heterocycles. The zero-order chi connectivity index (χ0) is 18.6. The molecule has 0 fully saturated rings. The second-order valence-corrected chi connectivity index (χ2v) is 8.39. The maximum atomic E-state index is 8.97. The lowest BCUT2D eigenvalue weighted by molar-refractivity contribution is -0.0340. The van der Waals surface area contributed by atoms with E-state index in [-0.39, 0.29) is 12.2 Å². The maximum absolute atomic E-state index is 8.97. The highest BCUT2D eigenvalue weighted by Crippen LogP contribution is 2.16. The van der Waals surface area contributed by atoms with Crippen LogP contribution in [0, 0.1) is 0 Å². The first-order valence-corrected chi connectivity index (χ1v) is 11.4. The molecule has 0 atom stereocenters. The third-order valence-electron chi connectivity index (χ3n) is 5.20. The van der Waals surface area contributed by atoms with Crippen molar-refractivity contribution in [1.29, 1.82) is 0 Å². The summed E-state index contributed by atoms with van der Waals surface area (Å²) in [5.41, 5.74) is -0.162. The van der Waals surface area contributed by atoms with Crippen LogP contribution in [-0.4, -0.2) is 23.9 Å². The van der Waals surface area contributed by atoms with Gasteiger partial charge in [0.2, 0.25) is 0 Å². The van der Waals surface area contributed by atoms with Gasteiger partial charge >= 0.3 is 0 Å². The van der Waals surface area contributed by atoms with Crippen molar-refractivity contribution < 1.29 is 9.84 Å². The van der Waals surface area contributed by atoms with E-state index in [1.165, 1.54) is 96.3 Å². The zero-order valence-corrected chi connectivity index (χ0v) is 17.8. The molecular weight excluding hydrogens is 308 g/mol. The van der Waals surface area contributed by atoms with E-state index in [1.54, 1.807) is 0 Å². The third-order valence-corrected chi connectivity index (χ3v) is 5.20. The van der Waals surface area contributed by atoms with Crippen LogP contribution in [0.1, 0.15) is 130 Å². The second-order valence-electron chi connectivity index (χ2n) is 8.39. The Morgan fingerprint density at radius 2 is 0.960 bits per heavy atom. The van der Waals surface area contributed by atoms with Gasteiger partial charge in [-0.05, 0) is 26.7 Å². The SMILES string of the molecule is CCCCCCCCCCCCCCCCCCOC(C)(C)CCO. The van der Waals surface area contributed by atoms with E-state index in [9.17, 15) is 0 Å². The summed E-state index contributed by atoms with van der Waals surface area (Å²) in [5.74, 6) is 0. The summed E-state index contributed by atoms with van der Waals surface area (Å²) in [6.45, 7) is 7.47. The summed E-state index contributed by atoms with van der Waals surface area (Å²) in [6.07, 6.45) is 23.1. The summed E-state index contributed by atoms with van der Waals surface area (Å²) >= 11 is 0. The Bertz CT molecular complexity index is 250. The van der Waals surface area contributed by atoms with E-state index < -0.39 is 0 Å². The van der Waals surface area contributed by atoms with Gasteiger partial charge in [-0.15, -0.1) is 0 Å². The highest BCUT2D eigenvalue weighted by atomic mass is 16.5. The fourth-order valence-electron chi connectivity index (χ4n) is 3.34. The van der Waals surface area contributed by atoms with Crippen molar-refractivity contribution in [3.8, 4) is 0 Å². The normalized spacial score (nSPS) is 12.0. The van der Waals surface area contributed by atoms with Gasteiger partial charge in [-0.3, -0.25) is 0 Å². The number of rotatable bonds is 20. The van der Waals surface area contributed by atoms with Crippen molar-refractivity contribution >= 4 is 0 Å². The molecule has 0 spiro atoms. The van der Waals surface area contributed by atoms with Gasteiger partial charge in [0.25, 0.3) is 0 Å².